The van der Waals surface area contributed by atoms with Crippen LogP contribution in [0.4, 0.5) is 0 Å². The summed E-state index contributed by atoms with van der Waals surface area (Å²) in [6.45, 7) is 4.18. The number of halogens is 1. The molecule has 0 bridgehead atoms. The Labute approximate surface area is 149 Å². The summed E-state index contributed by atoms with van der Waals surface area (Å²) in [5, 5.41) is 5.38. The van der Waals surface area contributed by atoms with Gasteiger partial charge in [-0.3, -0.25) is 4.57 Å². The molecule has 7 heteroatoms. The number of hydrogen-bond acceptors (Lipinski definition) is 4. The standard InChI is InChI=1S/C17H18BrN2O3P/c1-3-22-24(21,23-4-2)17-15-7-5-6-8-16(15)19-20(17)14-11-9-13(18)10-12-14/h5-12H,3-4H2,1-2H3. The Morgan fingerprint density at radius 3 is 2.29 bits per heavy atom. The molecule has 0 saturated heterocycles. The Hall–Kier alpha value is -1.46. The molecule has 0 radical (unpaired) electrons. The summed E-state index contributed by atoms with van der Waals surface area (Å²) in [4.78, 5) is 0. The monoisotopic (exact) mass is 408 g/mol. The van der Waals surface area contributed by atoms with Gasteiger partial charge in [0.1, 0.15) is 0 Å². The van der Waals surface area contributed by atoms with Crippen LogP contribution in [-0.4, -0.2) is 23.0 Å². The summed E-state index contributed by atoms with van der Waals surface area (Å²) < 4.78 is 27.2. The molecule has 0 aliphatic rings. The van der Waals surface area contributed by atoms with Crippen LogP contribution in [0, 0.1) is 0 Å². The summed E-state index contributed by atoms with van der Waals surface area (Å²) in [5.41, 5.74) is 2.00. The Morgan fingerprint density at radius 1 is 1.04 bits per heavy atom. The highest BCUT2D eigenvalue weighted by atomic mass is 79.9. The van der Waals surface area contributed by atoms with Crippen molar-refractivity contribution in [2.24, 2.45) is 0 Å². The average molecular weight is 409 g/mol. The van der Waals surface area contributed by atoms with Gasteiger partial charge < -0.3 is 9.05 Å². The molecule has 0 spiro atoms. The molecule has 0 aliphatic carbocycles. The number of fused-ring (bicyclic) bond motifs is 1. The third kappa shape index (κ3) is 3.20. The summed E-state index contributed by atoms with van der Waals surface area (Å²) in [5.74, 6) is 0. The number of rotatable bonds is 6. The smallest absolute Gasteiger partial charge is 0.304 e. The van der Waals surface area contributed by atoms with Gasteiger partial charge in [-0.2, -0.15) is 5.10 Å². The van der Waals surface area contributed by atoms with Crippen LogP contribution in [0.2, 0.25) is 0 Å². The minimum absolute atomic E-state index is 0.289. The highest BCUT2D eigenvalue weighted by Gasteiger charge is 2.34. The molecule has 3 aromatic rings. The summed E-state index contributed by atoms with van der Waals surface area (Å²) in [6, 6.07) is 15.2. The van der Waals surface area contributed by atoms with E-state index in [2.05, 4.69) is 21.0 Å². The fourth-order valence-electron chi connectivity index (χ4n) is 2.54. The van der Waals surface area contributed by atoms with Crippen LogP contribution in [0.1, 0.15) is 13.8 Å². The van der Waals surface area contributed by atoms with Crippen LogP contribution in [0.15, 0.2) is 53.0 Å². The molecule has 2 aromatic carbocycles. The molecule has 0 saturated carbocycles. The van der Waals surface area contributed by atoms with Crippen LogP contribution < -0.4 is 5.44 Å². The van der Waals surface area contributed by atoms with Crippen molar-refractivity contribution in [3.05, 3.63) is 53.0 Å². The number of benzene rings is 2. The molecule has 24 heavy (non-hydrogen) atoms. The van der Waals surface area contributed by atoms with Crippen molar-refractivity contribution in [3.63, 3.8) is 0 Å². The Morgan fingerprint density at radius 2 is 1.67 bits per heavy atom. The Balaban J connectivity index is 2.29. The SMILES string of the molecule is CCOP(=O)(OCC)c1c2ccccc2nn1-c1ccc(Br)cc1. The van der Waals surface area contributed by atoms with E-state index in [1.54, 1.807) is 18.5 Å². The lowest BCUT2D eigenvalue weighted by Crippen LogP contribution is -2.20. The van der Waals surface area contributed by atoms with Gasteiger partial charge >= 0.3 is 7.60 Å². The van der Waals surface area contributed by atoms with E-state index in [4.69, 9.17) is 9.05 Å². The lowest BCUT2D eigenvalue weighted by Gasteiger charge is -2.18. The zero-order valence-electron chi connectivity index (χ0n) is 13.5. The van der Waals surface area contributed by atoms with Crippen molar-refractivity contribution in [1.82, 2.24) is 9.78 Å². The van der Waals surface area contributed by atoms with E-state index in [9.17, 15) is 4.57 Å². The van der Waals surface area contributed by atoms with E-state index < -0.39 is 7.60 Å². The van der Waals surface area contributed by atoms with E-state index in [1.807, 2.05) is 48.5 Å². The highest BCUT2D eigenvalue weighted by Crippen LogP contribution is 2.49. The average Bonchev–Trinajstić information content (AvgIpc) is 2.96. The first-order valence-corrected chi connectivity index (χ1v) is 10.1. The largest absolute Gasteiger partial charge is 0.380 e. The van der Waals surface area contributed by atoms with E-state index in [-0.39, 0.29) is 13.2 Å². The van der Waals surface area contributed by atoms with Crippen LogP contribution in [-0.2, 0) is 13.6 Å². The summed E-state index contributed by atoms with van der Waals surface area (Å²) in [7, 11) is -3.50. The van der Waals surface area contributed by atoms with Gasteiger partial charge in [0, 0.05) is 9.86 Å². The normalized spacial score (nSPS) is 12.0. The molecular formula is C17H18BrN2O3P. The lowest BCUT2D eigenvalue weighted by atomic mass is 10.3. The summed E-state index contributed by atoms with van der Waals surface area (Å²) in [6.07, 6.45) is 0. The minimum atomic E-state index is -3.50. The molecule has 0 atom stereocenters. The summed E-state index contributed by atoms with van der Waals surface area (Å²) >= 11 is 3.43. The third-order valence-electron chi connectivity index (χ3n) is 3.48. The van der Waals surface area contributed by atoms with E-state index in [0.717, 1.165) is 21.1 Å². The van der Waals surface area contributed by atoms with Crippen molar-refractivity contribution in [2.75, 3.05) is 13.2 Å². The first kappa shape index (κ1) is 17.4. The fourth-order valence-corrected chi connectivity index (χ4v) is 4.68. The number of nitrogens with zero attached hydrogens (tertiary/aromatic N) is 2. The van der Waals surface area contributed by atoms with Gasteiger partial charge in [0.25, 0.3) is 0 Å². The van der Waals surface area contributed by atoms with Crippen LogP contribution in [0.25, 0.3) is 16.6 Å². The first-order chi connectivity index (χ1) is 11.6. The van der Waals surface area contributed by atoms with Gasteiger partial charge in [-0.1, -0.05) is 34.1 Å². The quantitative estimate of drug-likeness (QED) is 0.555. The first-order valence-electron chi connectivity index (χ1n) is 7.72. The van der Waals surface area contributed by atoms with Crippen molar-refractivity contribution in [3.8, 4) is 5.69 Å². The van der Waals surface area contributed by atoms with E-state index >= 15 is 0 Å². The highest BCUT2D eigenvalue weighted by molar-refractivity contribution is 9.10. The topological polar surface area (TPSA) is 53.4 Å². The third-order valence-corrected chi connectivity index (χ3v) is 6.16. The molecular weight excluding hydrogens is 391 g/mol. The second kappa shape index (κ2) is 7.19. The molecule has 0 amide bonds. The van der Waals surface area contributed by atoms with Crippen molar-refractivity contribution < 1.29 is 13.6 Å². The molecule has 1 heterocycles. The zero-order valence-corrected chi connectivity index (χ0v) is 16.0. The lowest BCUT2D eigenvalue weighted by molar-refractivity contribution is 0.229. The maximum absolute atomic E-state index is 13.4. The second-order valence-electron chi connectivity index (χ2n) is 5.06. The second-order valence-corrected chi connectivity index (χ2v) is 7.91. The van der Waals surface area contributed by atoms with Gasteiger partial charge in [0.2, 0.25) is 0 Å². The van der Waals surface area contributed by atoms with E-state index in [0.29, 0.717) is 5.44 Å². The molecule has 0 fully saturated rings. The molecule has 0 aliphatic heterocycles. The Kier molecular flexibility index (Phi) is 5.21. The molecule has 126 valence electrons. The fraction of sp³-hybridized carbons (Fsp3) is 0.235. The number of hydrogen-bond donors (Lipinski definition) is 0. The zero-order chi connectivity index (χ0) is 17.2. The maximum Gasteiger partial charge on any atom is 0.380 e. The van der Waals surface area contributed by atoms with Gasteiger partial charge in [-0.25, -0.2) is 4.68 Å². The Bertz CT molecular complexity index is 882. The molecule has 3 rings (SSSR count). The molecule has 0 unspecified atom stereocenters. The van der Waals surface area contributed by atoms with Gasteiger partial charge in [-0.15, -0.1) is 0 Å². The van der Waals surface area contributed by atoms with Crippen LogP contribution in [0.5, 0.6) is 0 Å². The maximum atomic E-state index is 13.4. The van der Waals surface area contributed by atoms with Crippen molar-refractivity contribution in [1.29, 1.82) is 0 Å². The van der Waals surface area contributed by atoms with Gasteiger partial charge in [0.05, 0.1) is 24.4 Å². The molecule has 1 aromatic heterocycles. The molecule has 0 N–H and O–H groups in total. The number of aromatic nitrogens is 2. The van der Waals surface area contributed by atoms with Crippen molar-refractivity contribution in [2.45, 2.75) is 13.8 Å². The van der Waals surface area contributed by atoms with Crippen LogP contribution >= 0.6 is 23.5 Å². The predicted octanol–water partition coefficient (Wildman–Crippen LogP) is 4.68. The van der Waals surface area contributed by atoms with Gasteiger partial charge in [-0.05, 0) is 44.2 Å². The molecule has 5 nitrogen and oxygen atoms in total. The van der Waals surface area contributed by atoms with Crippen molar-refractivity contribution >= 4 is 39.9 Å². The van der Waals surface area contributed by atoms with E-state index in [1.165, 1.54) is 0 Å². The minimum Gasteiger partial charge on any atom is -0.304 e. The van der Waals surface area contributed by atoms with Crippen LogP contribution in [0.3, 0.4) is 0 Å². The van der Waals surface area contributed by atoms with Gasteiger partial charge in [0.15, 0.2) is 5.44 Å². The predicted molar refractivity (Wildman–Crippen MR) is 99.3 cm³/mol.